The Balaban J connectivity index is 1.54. The number of ether oxygens (including phenoxy) is 1. The van der Waals surface area contributed by atoms with Crippen molar-refractivity contribution < 1.29 is 14.9 Å². The van der Waals surface area contributed by atoms with Crippen LogP contribution in [0.3, 0.4) is 0 Å². The van der Waals surface area contributed by atoms with E-state index in [0.29, 0.717) is 12.2 Å². The van der Waals surface area contributed by atoms with Crippen LogP contribution in [0.4, 0.5) is 0 Å². The third-order valence-electron chi connectivity index (χ3n) is 8.35. The Morgan fingerprint density at radius 1 is 1.29 bits per heavy atom. The number of nitrogens with one attached hydrogen (secondary N) is 1. The topological polar surface area (TPSA) is 68.7 Å². The third-order valence-corrected chi connectivity index (χ3v) is 8.35. The van der Waals surface area contributed by atoms with Crippen molar-refractivity contribution in [1.82, 2.24) is 9.88 Å². The summed E-state index contributed by atoms with van der Waals surface area (Å²) in [5.74, 6) is 0.740. The molecule has 1 spiro atoms. The SMILES string of the molecule is C=C(C)CN1CC[C@]23c4c5ccc(O)c4O[C@@H]2c2[nH]c4ccccc4c2C[C@@]3(O)[C@H]1C5. The van der Waals surface area contributed by atoms with Crippen LogP contribution in [0.15, 0.2) is 48.6 Å². The van der Waals surface area contributed by atoms with Crippen LogP contribution in [0, 0.1) is 0 Å². The number of H-pyrrole nitrogens is 1. The second-order valence-electron chi connectivity index (χ2n) is 9.98. The fraction of sp³-hybridized carbons (Fsp3) is 0.385. The van der Waals surface area contributed by atoms with Crippen molar-refractivity contribution in [3.63, 3.8) is 0 Å². The summed E-state index contributed by atoms with van der Waals surface area (Å²) < 4.78 is 6.57. The smallest absolute Gasteiger partial charge is 0.166 e. The summed E-state index contributed by atoms with van der Waals surface area (Å²) in [4.78, 5) is 6.03. The van der Waals surface area contributed by atoms with Gasteiger partial charge in [-0.05, 0) is 43.0 Å². The number of piperidine rings is 1. The van der Waals surface area contributed by atoms with Gasteiger partial charge in [-0.1, -0.05) is 36.4 Å². The van der Waals surface area contributed by atoms with E-state index in [2.05, 4.69) is 35.5 Å². The Bertz CT molecular complexity index is 1290. The highest BCUT2D eigenvalue weighted by Gasteiger charge is 2.72. The first kappa shape index (κ1) is 17.9. The van der Waals surface area contributed by atoms with Crippen molar-refractivity contribution in [3.8, 4) is 11.5 Å². The van der Waals surface area contributed by atoms with E-state index in [-0.39, 0.29) is 17.9 Å². The van der Waals surface area contributed by atoms with Gasteiger partial charge in [0.05, 0.1) is 16.7 Å². The number of rotatable bonds is 2. The molecule has 1 fully saturated rings. The summed E-state index contributed by atoms with van der Waals surface area (Å²) in [5, 5.41) is 24.5. The lowest BCUT2D eigenvalue weighted by atomic mass is 9.49. The number of phenolic OH excluding ortho intramolecular Hbond substituents is 1. The van der Waals surface area contributed by atoms with E-state index >= 15 is 0 Å². The molecular formula is C26H26N2O3. The molecule has 5 nitrogen and oxygen atoms in total. The van der Waals surface area contributed by atoms with E-state index in [1.54, 1.807) is 6.07 Å². The van der Waals surface area contributed by atoms with E-state index in [0.717, 1.165) is 59.2 Å². The van der Waals surface area contributed by atoms with Crippen LogP contribution in [0.25, 0.3) is 10.9 Å². The number of fused-ring (bicyclic) bond motifs is 4. The Labute approximate surface area is 181 Å². The summed E-state index contributed by atoms with van der Waals surface area (Å²) in [6.45, 7) is 7.87. The Kier molecular flexibility index (Phi) is 3.19. The molecule has 1 saturated heterocycles. The third kappa shape index (κ3) is 1.91. The Morgan fingerprint density at radius 3 is 2.97 bits per heavy atom. The first-order valence-corrected chi connectivity index (χ1v) is 11.2. The zero-order valence-electron chi connectivity index (χ0n) is 17.6. The van der Waals surface area contributed by atoms with Gasteiger partial charge >= 0.3 is 0 Å². The summed E-state index contributed by atoms with van der Waals surface area (Å²) in [6.07, 6.45) is 1.79. The highest BCUT2D eigenvalue weighted by molar-refractivity contribution is 5.86. The zero-order valence-corrected chi connectivity index (χ0v) is 17.6. The molecule has 0 unspecified atom stereocenters. The van der Waals surface area contributed by atoms with E-state index in [1.807, 2.05) is 18.2 Å². The highest BCUT2D eigenvalue weighted by Crippen LogP contribution is 2.68. The molecule has 4 aliphatic rings. The monoisotopic (exact) mass is 414 g/mol. The van der Waals surface area contributed by atoms with Crippen molar-refractivity contribution in [2.24, 2.45) is 0 Å². The molecule has 3 N–H and O–H groups in total. The lowest BCUT2D eigenvalue weighted by Crippen LogP contribution is -2.74. The number of aromatic amines is 1. The molecule has 7 rings (SSSR count). The van der Waals surface area contributed by atoms with Gasteiger partial charge in [-0.15, -0.1) is 0 Å². The molecule has 0 amide bonds. The molecule has 2 aromatic carbocycles. The summed E-state index contributed by atoms with van der Waals surface area (Å²) >= 11 is 0. The molecule has 1 aromatic heterocycles. The molecular weight excluding hydrogens is 388 g/mol. The van der Waals surface area contributed by atoms with Crippen molar-refractivity contribution in [3.05, 3.63) is 70.9 Å². The minimum atomic E-state index is -0.977. The van der Waals surface area contributed by atoms with Crippen LogP contribution < -0.4 is 4.74 Å². The highest BCUT2D eigenvalue weighted by atomic mass is 16.5. The number of hydrogen-bond acceptors (Lipinski definition) is 4. The molecule has 2 bridgehead atoms. The molecule has 0 saturated carbocycles. The Hall–Kier alpha value is -2.76. The van der Waals surface area contributed by atoms with Crippen LogP contribution in [0.5, 0.6) is 11.5 Å². The van der Waals surface area contributed by atoms with E-state index in [1.165, 1.54) is 5.56 Å². The predicted octanol–water partition coefficient (Wildman–Crippen LogP) is 3.74. The fourth-order valence-electron chi connectivity index (χ4n) is 7.26. The van der Waals surface area contributed by atoms with Gasteiger partial charge in [0.25, 0.3) is 0 Å². The average molecular weight is 415 g/mol. The fourth-order valence-corrected chi connectivity index (χ4v) is 7.26. The van der Waals surface area contributed by atoms with Crippen LogP contribution in [0.2, 0.25) is 0 Å². The lowest BCUT2D eigenvalue weighted by molar-refractivity contribution is -0.170. The lowest BCUT2D eigenvalue weighted by Gasteiger charge is -2.62. The van der Waals surface area contributed by atoms with Gasteiger partial charge in [0, 0.05) is 42.0 Å². The van der Waals surface area contributed by atoms with E-state index < -0.39 is 11.0 Å². The van der Waals surface area contributed by atoms with Crippen LogP contribution >= 0.6 is 0 Å². The van der Waals surface area contributed by atoms with Gasteiger partial charge in [-0.25, -0.2) is 0 Å². The number of hydrogen-bond donors (Lipinski definition) is 3. The molecule has 158 valence electrons. The molecule has 4 atom stereocenters. The molecule has 0 radical (unpaired) electrons. The van der Waals surface area contributed by atoms with Crippen molar-refractivity contribution >= 4 is 10.9 Å². The predicted molar refractivity (Wildman–Crippen MR) is 119 cm³/mol. The molecule has 3 heterocycles. The van der Waals surface area contributed by atoms with E-state index in [9.17, 15) is 10.2 Å². The number of para-hydroxylation sites is 1. The Morgan fingerprint density at radius 2 is 2.13 bits per heavy atom. The second kappa shape index (κ2) is 5.53. The van der Waals surface area contributed by atoms with Gasteiger partial charge in [0.1, 0.15) is 0 Å². The maximum absolute atomic E-state index is 12.7. The maximum atomic E-state index is 12.7. The first-order valence-electron chi connectivity index (χ1n) is 11.2. The molecule has 2 aliphatic heterocycles. The van der Waals surface area contributed by atoms with Gasteiger partial charge in [0.15, 0.2) is 17.6 Å². The number of benzene rings is 2. The van der Waals surface area contributed by atoms with Crippen LogP contribution in [-0.2, 0) is 18.3 Å². The van der Waals surface area contributed by atoms with Crippen LogP contribution in [-0.4, -0.2) is 44.8 Å². The largest absolute Gasteiger partial charge is 0.504 e. The first-order chi connectivity index (χ1) is 14.9. The van der Waals surface area contributed by atoms with Gasteiger partial charge in [0.2, 0.25) is 0 Å². The number of aromatic nitrogens is 1. The van der Waals surface area contributed by atoms with Crippen molar-refractivity contribution in [2.75, 3.05) is 13.1 Å². The minimum absolute atomic E-state index is 0.0196. The summed E-state index contributed by atoms with van der Waals surface area (Å²) in [6, 6.07) is 12.1. The number of nitrogens with zero attached hydrogens (tertiary/aromatic N) is 1. The second-order valence-corrected chi connectivity index (χ2v) is 9.98. The standard InChI is InChI=1S/C26H26N2O3/c1-14(2)13-28-10-9-25-21-15-7-8-19(29)23(21)31-24(25)22-17(12-26(25,30)20(28)11-15)16-5-3-4-6-18(16)27-22/h3-8,20,24,27,29-30H,1,9-13H2,2H3/t20-,24-,25+,26-/m1/s1. The minimum Gasteiger partial charge on any atom is -0.504 e. The summed E-state index contributed by atoms with van der Waals surface area (Å²) in [7, 11) is 0. The van der Waals surface area contributed by atoms with Crippen molar-refractivity contribution in [2.45, 2.75) is 49.3 Å². The quantitative estimate of drug-likeness (QED) is 0.559. The average Bonchev–Trinajstić information content (AvgIpc) is 3.27. The summed E-state index contributed by atoms with van der Waals surface area (Å²) in [5.41, 5.74) is 5.08. The number of likely N-dealkylation sites (tertiary alicyclic amines) is 1. The maximum Gasteiger partial charge on any atom is 0.166 e. The van der Waals surface area contributed by atoms with Crippen LogP contribution in [0.1, 0.15) is 41.8 Å². The normalized spacial score (nSPS) is 32.5. The molecule has 5 heteroatoms. The van der Waals surface area contributed by atoms with Crippen molar-refractivity contribution in [1.29, 1.82) is 0 Å². The van der Waals surface area contributed by atoms with Gasteiger partial charge < -0.3 is 19.9 Å². The molecule has 2 aliphatic carbocycles. The molecule has 3 aromatic rings. The van der Waals surface area contributed by atoms with Gasteiger partial charge in [-0.3, -0.25) is 4.90 Å². The molecule has 31 heavy (non-hydrogen) atoms. The number of aliphatic hydroxyl groups is 1. The van der Waals surface area contributed by atoms with Gasteiger partial charge in [-0.2, -0.15) is 0 Å². The number of phenols is 1. The van der Waals surface area contributed by atoms with E-state index in [4.69, 9.17) is 4.74 Å². The number of aromatic hydroxyl groups is 1. The zero-order chi connectivity index (χ0) is 21.1.